The summed E-state index contributed by atoms with van der Waals surface area (Å²) < 4.78 is 18.4. The number of aromatic nitrogens is 1. The number of halogens is 2. The van der Waals surface area contributed by atoms with Crippen molar-refractivity contribution in [3.63, 3.8) is 0 Å². The van der Waals surface area contributed by atoms with Gasteiger partial charge >= 0.3 is 0 Å². The Kier molecular flexibility index (Phi) is 12.2. The molecular formula is C20H28FIN4O. The average Bonchev–Trinajstić information content (AvgIpc) is 2.67. The third kappa shape index (κ3) is 10.1. The van der Waals surface area contributed by atoms with Crippen LogP contribution in [0.1, 0.15) is 25.5 Å². The molecule has 0 spiro atoms. The summed E-state index contributed by atoms with van der Waals surface area (Å²) >= 11 is 0. The van der Waals surface area contributed by atoms with E-state index in [0.29, 0.717) is 12.4 Å². The molecule has 5 nitrogen and oxygen atoms in total. The molecule has 0 radical (unpaired) electrons. The number of hydrogen-bond acceptors (Lipinski definition) is 3. The molecule has 27 heavy (non-hydrogen) atoms. The highest BCUT2D eigenvalue weighted by molar-refractivity contribution is 14.0. The predicted molar refractivity (Wildman–Crippen MR) is 118 cm³/mol. The van der Waals surface area contributed by atoms with E-state index in [1.54, 1.807) is 12.1 Å². The molecule has 0 saturated heterocycles. The van der Waals surface area contributed by atoms with Gasteiger partial charge in [-0.15, -0.1) is 24.0 Å². The van der Waals surface area contributed by atoms with Crippen LogP contribution in [0, 0.1) is 5.82 Å². The summed E-state index contributed by atoms with van der Waals surface area (Å²) in [5.74, 6) is 1.26. The van der Waals surface area contributed by atoms with Gasteiger partial charge in [-0.1, -0.05) is 6.07 Å². The summed E-state index contributed by atoms with van der Waals surface area (Å²) in [7, 11) is 0. The van der Waals surface area contributed by atoms with Crippen LogP contribution in [-0.4, -0.2) is 37.2 Å². The summed E-state index contributed by atoms with van der Waals surface area (Å²) in [4.78, 5) is 8.88. The molecular weight excluding hydrogens is 458 g/mol. The van der Waals surface area contributed by atoms with Gasteiger partial charge in [-0.05, 0) is 56.2 Å². The first-order valence-corrected chi connectivity index (χ1v) is 9.08. The molecule has 0 aliphatic carbocycles. The van der Waals surface area contributed by atoms with Crippen molar-refractivity contribution in [2.24, 2.45) is 4.99 Å². The fourth-order valence-electron chi connectivity index (χ4n) is 2.32. The maximum Gasteiger partial charge on any atom is 0.191 e. The summed E-state index contributed by atoms with van der Waals surface area (Å²) in [6, 6.07) is 12.0. The van der Waals surface area contributed by atoms with E-state index < -0.39 is 0 Å². The van der Waals surface area contributed by atoms with Gasteiger partial charge in [-0.25, -0.2) is 4.39 Å². The Hall–Kier alpha value is -1.90. The Morgan fingerprint density at radius 1 is 1.11 bits per heavy atom. The number of nitrogens with one attached hydrogen (secondary N) is 2. The minimum absolute atomic E-state index is 0. The van der Waals surface area contributed by atoms with Crippen LogP contribution < -0.4 is 15.4 Å². The second-order valence-electron chi connectivity index (χ2n) is 5.77. The van der Waals surface area contributed by atoms with Gasteiger partial charge in [-0.3, -0.25) is 9.98 Å². The molecule has 2 rings (SSSR count). The van der Waals surface area contributed by atoms with Gasteiger partial charge in [0, 0.05) is 37.9 Å². The number of pyridine rings is 1. The van der Waals surface area contributed by atoms with Crippen molar-refractivity contribution < 1.29 is 9.13 Å². The molecule has 1 aromatic heterocycles. The van der Waals surface area contributed by atoms with E-state index in [9.17, 15) is 4.39 Å². The van der Waals surface area contributed by atoms with E-state index in [1.165, 1.54) is 12.1 Å². The maximum absolute atomic E-state index is 12.8. The number of nitrogens with zero attached hydrogens (tertiary/aromatic N) is 2. The lowest BCUT2D eigenvalue weighted by atomic mass is 10.3. The third-order valence-electron chi connectivity index (χ3n) is 3.65. The first-order chi connectivity index (χ1) is 12.8. The molecule has 0 amide bonds. The van der Waals surface area contributed by atoms with Gasteiger partial charge in [0.05, 0.1) is 6.61 Å². The van der Waals surface area contributed by atoms with E-state index in [2.05, 4.69) is 20.6 Å². The van der Waals surface area contributed by atoms with Crippen LogP contribution in [0.2, 0.25) is 0 Å². The van der Waals surface area contributed by atoms with E-state index >= 15 is 0 Å². The number of hydrogen-bond donors (Lipinski definition) is 2. The van der Waals surface area contributed by atoms with Crippen LogP contribution in [0.4, 0.5) is 4.39 Å². The number of rotatable bonds is 10. The molecule has 2 aromatic rings. The molecule has 0 atom stereocenters. The Bertz CT molecular complexity index is 653. The Labute approximate surface area is 177 Å². The summed E-state index contributed by atoms with van der Waals surface area (Å²) in [6.45, 7) is 4.99. The van der Waals surface area contributed by atoms with Crippen LogP contribution in [0.15, 0.2) is 53.7 Å². The van der Waals surface area contributed by atoms with Crippen molar-refractivity contribution in [1.82, 2.24) is 15.6 Å². The molecule has 0 saturated carbocycles. The fourth-order valence-corrected chi connectivity index (χ4v) is 2.32. The second-order valence-corrected chi connectivity index (χ2v) is 5.77. The van der Waals surface area contributed by atoms with Gasteiger partial charge in [0.25, 0.3) is 0 Å². The fraction of sp³-hybridized carbons (Fsp3) is 0.400. The molecule has 148 valence electrons. The highest BCUT2D eigenvalue weighted by atomic mass is 127. The molecule has 0 fully saturated rings. The van der Waals surface area contributed by atoms with Gasteiger partial charge in [-0.2, -0.15) is 0 Å². The molecule has 1 aromatic carbocycles. The minimum atomic E-state index is -0.252. The SMILES string of the molecule is CCNC(=NCCCCOc1ccc(F)cc1)NCCc1ccccn1.I. The van der Waals surface area contributed by atoms with Gasteiger partial charge in [0.2, 0.25) is 0 Å². The number of benzene rings is 1. The number of aliphatic imine (C=N–C) groups is 1. The maximum atomic E-state index is 12.8. The topological polar surface area (TPSA) is 58.5 Å². The zero-order valence-corrected chi connectivity index (χ0v) is 18.0. The Morgan fingerprint density at radius 2 is 1.93 bits per heavy atom. The zero-order valence-electron chi connectivity index (χ0n) is 15.7. The zero-order chi connectivity index (χ0) is 18.5. The van der Waals surface area contributed by atoms with Crippen LogP contribution >= 0.6 is 24.0 Å². The predicted octanol–water partition coefficient (Wildman–Crippen LogP) is 3.80. The first kappa shape index (κ1) is 23.1. The lowest BCUT2D eigenvalue weighted by Gasteiger charge is -2.11. The van der Waals surface area contributed by atoms with E-state index in [1.807, 2.05) is 31.3 Å². The monoisotopic (exact) mass is 486 g/mol. The second kappa shape index (κ2) is 14.2. The number of unbranched alkanes of at least 4 members (excludes halogenated alkanes) is 1. The highest BCUT2D eigenvalue weighted by Gasteiger charge is 1.99. The summed E-state index contributed by atoms with van der Waals surface area (Å²) in [5.41, 5.74) is 1.06. The summed E-state index contributed by atoms with van der Waals surface area (Å²) in [5, 5.41) is 6.57. The molecule has 7 heteroatoms. The van der Waals surface area contributed by atoms with Crippen molar-refractivity contribution in [3.05, 3.63) is 60.2 Å². The van der Waals surface area contributed by atoms with Crippen molar-refractivity contribution in [2.45, 2.75) is 26.2 Å². The molecule has 0 unspecified atom stereocenters. The van der Waals surface area contributed by atoms with E-state index in [-0.39, 0.29) is 29.8 Å². The van der Waals surface area contributed by atoms with Crippen LogP contribution in [0.5, 0.6) is 5.75 Å². The van der Waals surface area contributed by atoms with Crippen LogP contribution in [-0.2, 0) is 6.42 Å². The van der Waals surface area contributed by atoms with E-state index in [4.69, 9.17) is 4.74 Å². The van der Waals surface area contributed by atoms with Gasteiger partial charge in [0.15, 0.2) is 5.96 Å². The smallest absolute Gasteiger partial charge is 0.191 e. The molecule has 0 aliphatic rings. The van der Waals surface area contributed by atoms with Gasteiger partial charge in [0.1, 0.15) is 11.6 Å². The lowest BCUT2D eigenvalue weighted by Crippen LogP contribution is -2.38. The van der Waals surface area contributed by atoms with E-state index in [0.717, 1.165) is 50.6 Å². The highest BCUT2D eigenvalue weighted by Crippen LogP contribution is 2.11. The summed E-state index contributed by atoms with van der Waals surface area (Å²) in [6.07, 6.45) is 4.49. The molecule has 0 bridgehead atoms. The third-order valence-corrected chi connectivity index (χ3v) is 3.65. The molecule has 1 heterocycles. The Morgan fingerprint density at radius 3 is 2.63 bits per heavy atom. The van der Waals surface area contributed by atoms with Gasteiger partial charge < -0.3 is 15.4 Å². The van der Waals surface area contributed by atoms with Crippen molar-refractivity contribution in [3.8, 4) is 5.75 Å². The van der Waals surface area contributed by atoms with Crippen LogP contribution in [0.3, 0.4) is 0 Å². The molecule has 0 aliphatic heterocycles. The Balaban J connectivity index is 0.00000364. The van der Waals surface area contributed by atoms with Crippen molar-refractivity contribution in [2.75, 3.05) is 26.2 Å². The van der Waals surface area contributed by atoms with Crippen LogP contribution in [0.25, 0.3) is 0 Å². The first-order valence-electron chi connectivity index (χ1n) is 9.08. The average molecular weight is 486 g/mol. The lowest BCUT2D eigenvalue weighted by molar-refractivity contribution is 0.307. The van der Waals surface area contributed by atoms with Crippen molar-refractivity contribution >= 4 is 29.9 Å². The standard InChI is InChI=1S/C20H27FN4O.HI/c1-2-22-20(25-15-12-18-7-3-4-13-23-18)24-14-5-6-16-26-19-10-8-17(21)9-11-19;/h3-4,7-11,13H,2,5-6,12,14-16H2,1H3,(H2,22,24,25);1H. The number of ether oxygens (including phenoxy) is 1. The normalized spacial score (nSPS) is 10.8. The number of guanidine groups is 1. The molecule has 2 N–H and O–H groups in total. The quantitative estimate of drug-likeness (QED) is 0.232. The minimum Gasteiger partial charge on any atom is -0.494 e. The largest absolute Gasteiger partial charge is 0.494 e. The van der Waals surface area contributed by atoms with Crippen molar-refractivity contribution in [1.29, 1.82) is 0 Å².